The minimum absolute atomic E-state index is 0.201. The van der Waals surface area contributed by atoms with E-state index in [1.54, 1.807) is 17.4 Å². The first-order valence-electron chi connectivity index (χ1n) is 12.3. The summed E-state index contributed by atoms with van der Waals surface area (Å²) in [4.78, 5) is 12.8. The molecule has 188 valence electrons. The standard InChI is InChI=1S/C29H28FN5OS/c1-19-16-22(4-3-12-31)17-20(2)26(19)36-27-25-11-15-37-28(25)34-29(33-27)32-24-9-13-35(14-10-24)18-21-5-7-23(30)8-6-21/h3-8,11,15-17,24H,9-10,13-14,18H2,1-2H3,(H,32,33,34)/b4-3+. The van der Waals surface area contributed by atoms with E-state index in [9.17, 15) is 4.39 Å². The van der Waals surface area contributed by atoms with Crippen LogP contribution in [0, 0.1) is 31.0 Å². The van der Waals surface area contributed by atoms with Gasteiger partial charge in [0.1, 0.15) is 16.4 Å². The van der Waals surface area contributed by atoms with Gasteiger partial charge in [0.2, 0.25) is 11.8 Å². The number of ether oxygens (including phenoxy) is 1. The minimum Gasteiger partial charge on any atom is -0.438 e. The Labute approximate surface area is 220 Å². The van der Waals surface area contributed by atoms with Crippen LogP contribution < -0.4 is 10.1 Å². The van der Waals surface area contributed by atoms with Crippen molar-refractivity contribution in [1.29, 1.82) is 5.26 Å². The number of aromatic nitrogens is 2. The summed E-state index contributed by atoms with van der Waals surface area (Å²) in [5, 5.41) is 15.2. The van der Waals surface area contributed by atoms with Crippen molar-refractivity contribution in [1.82, 2.24) is 14.9 Å². The highest BCUT2D eigenvalue weighted by Crippen LogP contribution is 2.35. The summed E-state index contributed by atoms with van der Waals surface area (Å²) in [5.41, 5.74) is 4.03. The molecule has 0 saturated carbocycles. The minimum atomic E-state index is -0.201. The Morgan fingerprint density at radius 1 is 1.14 bits per heavy atom. The molecule has 1 fully saturated rings. The molecule has 1 saturated heterocycles. The number of fused-ring (bicyclic) bond motifs is 1. The molecule has 0 atom stereocenters. The van der Waals surface area contributed by atoms with Crippen molar-refractivity contribution >= 4 is 33.6 Å². The number of piperidine rings is 1. The van der Waals surface area contributed by atoms with Gasteiger partial charge < -0.3 is 10.1 Å². The predicted octanol–water partition coefficient (Wildman–Crippen LogP) is 6.85. The number of hydrogen-bond acceptors (Lipinski definition) is 7. The molecule has 8 heteroatoms. The van der Waals surface area contributed by atoms with Crippen LogP contribution in [0.2, 0.25) is 0 Å². The highest BCUT2D eigenvalue weighted by molar-refractivity contribution is 7.16. The summed E-state index contributed by atoms with van der Waals surface area (Å²) in [6.45, 7) is 6.72. The van der Waals surface area contributed by atoms with E-state index < -0.39 is 0 Å². The zero-order valence-electron chi connectivity index (χ0n) is 20.9. The van der Waals surface area contributed by atoms with Crippen LogP contribution in [0.3, 0.4) is 0 Å². The summed E-state index contributed by atoms with van der Waals surface area (Å²) in [7, 11) is 0. The monoisotopic (exact) mass is 513 g/mol. The third kappa shape index (κ3) is 5.96. The lowest BCUT2D eigenvalue weighted by Crippen LogP contribution is -2.39. The molecule has 0 bridgehead atoms. The topological polar surface area (TPSA) is 74.1 Å². The van der Waals surface area contributed by atoms with E-state index in [0.29, 0.717) is 11.8 Å². The normalized spacial score (nSPS) is 14.8. The van der Waals surface area contributed by atoms with Gasteiger partial charge >= 0.3 is 0 Å². The van der Waals surface area contributed by atoms with Crippen molar-refractivity contribution in [3.8, 4) is 17.7 Å². The first-order chi connectivity index (χ1) is 18.0. The molecule has 0 unspecified atom stereocenters. The summed E-state index contributed by atoms with van der Waals surface area (Å²) < 4.78 is 19.6. The number of benzene rings is 2. The molecule has 2 aromatic heterocycles. The van der Waals surface area contributed by atoms with Crippen LogP contribution in [0.25, 0.3) is 16.3 Å². The third-order valence-corrected chi connectivity index (χ3v) is 7.37. The number of thiophene rings is 1. The van der Waals surface area contributed by atoms with E-state index in [4.69, 9.17) is 20.0 Å². The highest BCUT2D eigenvalue weighted by Gasteiger charge is 2.21. The molecule has 0 spiro atoms. The molecule has 0 aliphatic carbocycles. The molecule has 0 amide bonds. The fraction of sp³-hybridized carbons (Fsp3) is 0.276. The smallest absolute Gasteiger partial charge is 0.232 e. The number of rotatable bonds is 7. The Hall–Kier alpha value is -3.80. The maximum atomic E-state index is 13.2. The van der Waals surface area contributed by atoms with Gasteiger partial charge in [-0.15, -0.1) is 11.3 Å². The van der Waals surface area contributed by atoms with Crippen LogP contribution in [0.4, 0.5) is 10.3 Å². The van der Waals surface area contributed by atoms with Crippen LogP contribution >= 0.6 is 11.3 Å². The number of aryl methyl sites for hydroxylation is 2. The number of anilines is 1. The molecule has 4 aromatic rings. The maximum absolute atomic E-state index is 13.2. The van der Waals surface area contributed by atoms with Gasteiger partial charge in [0.25, 0.3) is 0 Å². The molecule has 2 aromatic carbocycles. The van der Waals surface area contributed by atoms with E-state index in [2.05, 4.69) is 10.2 Å². The lowest BCUT2D eigenvalue weighted by atomic mass is 10.0. The second kappa shape index (κ2) is 11.1. The van der Waals surface area contributed by atoms with E-state index in [0.717, 1.165) is 70.7 Å². The number of likely N-dealkylation sites (tertiary alicyclic amines) is 1. The largest absolute Gasteiger partial charge is 0.438 e. The van der Waals surface area contributed by atoms with E-state index in [1.807, 2.05) is 55.6 Å². The zero-order valence-corrected chi connectivity index (χ0v) is 21.7. The molecule has 6 nitrogen and oxygen atoms in total. The van der Waals surface area contributed by atoms with Crippen LogP contribution in [0.15, 0.2) is 53.9 Å². The third-order valence-electron chi connectivity index (χ3n) is 6.56. The van der Waals surface area contributed by atoms with E-state index in [-0.39, 0.29) is 11.9 Å². The van der Waals surface area contributed by atoms with Gasteiger partial charge in [0.05, 0.1) is 11.5 Å². The van der Waals surface area contributed by atoms with Gasteiger partial charge in [-0.3, -0.25) is 4.90 Å². The van der Waals surface area contributed by atoms with Crippen LogP contribution in [-0.2, 0) is 6.54 Å². The van der Waals surface area contributed by atoms with Gasteiger partial charge in [-0.05, 0) is 90.7 Å². The summed E-state index contributed by atoms with van der Waals surface area (Å²) in [6.07, 6.45) is 5.20. The average Bonchev–Trinajstić information content (AvgIpc) is 3.36. The molecule has 1 aliphatic rings. The number of allylic oxidation sites excluding steroid dienone is 1. The Balaban J connectivity index is 1.29. The lowest BCUT2D eigenvalue weighted by molar-refractivity contribution is 0.211. The van der Waals surface area contributed by atoms with E-state index in [1.165, 1.54) is 18.2 Å². The molecular formula is C29H28FN5OS. The summed E-state index contributed by atoms with van der Waals surface area (Å²) >= 11 is 1.57. The van der Waals surface area contributed by atoms with Crippen molar-refractivity contribution in [2.75, 3.05) is 18.4 Å². The first-order valence-corrected chi connectivity index (χ1v) is 13.2. The van der Waals surface area contributed by atoms with Gasteiger partial charge in [0, 0.05) is 31.8 Å². The second-order valence-corrected chi connectivity index (χ2v) is 10.3. The zero-order chi connectivity index (χ0) is 25.8. The molecule has 37 heavy (non-hydrogen) atoms. The Morgan fingerprint density at radius 3 is 2.57 bits per heavy atom. The quantitative estimate of drug-likeness (QED) is 0.272. The molecule has 5 rings (SSSR count). The SMILES string of the molecule is Cc1cc(/C=C/C#N)cc(C)c1Oc1nc(NC2CCN(Cc3ccc(F)cc3)CC2)nc2sccc12. The maximum Gasteiger partial charge on any atom is 0.232 e. The van der Waals surface area contributed by atoms with Crippen molar-refractivity contribution in [2.45, 2.75) is 39.3 Å². The number of hydrogen-bond donors (Lipinski definition) is 1. The molecular weight excluding hydrogens is 485 g/mol. The van der Waals surface area contributed by atoms with Crippen molar-refractivity contribution in [3.63, 3.8) is 0 Å². The average molecular weight is 514 g/mol. The van der Waals surface area contributed by atoms with Gasteiger partial charge in [-0.2, -0.15) is 10.2 Å². The van der Waals surface area contributed by atoms with Crippen molar-refractivity contribution in [3.05, 3.63) is 82.0 Å². The Bertz CT molecular complexity index is 1440. The van der Waals surface area contributed by atoms with Crippen molar-refractivity contribution < 1.29 is 9.13 Å². The molecule has 1 N–H and O–H groups in total. The predicted molar refractivity (Wildman–Crippen MR) is 146 cm³/mol. The first kappa shape index (κ1) is 24.9. The van der Waals surface area contributed by atoms with E-state index >= 15 is 0 Å². The number of nitriles is 1. The highest BCUT2D eigenvalue weighted by atomic mass is 32.1. The Morgan fingerprint density at radius 2 is 1.86 bits per heavy atom. The number of nitrogens with one attached hydrogen (secondary N) is 1. The second-order valence-electron chi connectivity index (χ2n) is 9.36. The molecule has 0 radical (unpaired) electrons. The fourth-order valence-corrected chi connectivity index (χ4v) is 5.46. The fourth-order valence-electron chi connectivity index (χ4n) is 4.71. The van der Waals surface area contributed by atoms with Crippen molar-refractivity contribution in [2.24, 2.45) is 0 Å². The van der Waals surface area contributed by atoms with Gasteiger partial charge in [0.15, 0.2) is 0 Å². The lowest BCUT2D eigenvalue weighted by Gasteiger charge is -2.32. The summed E-state index contributed by atoms with van der Waals surface area (Å²) in [5.74, 6) is 1.67. The molecule has 1 aliphatic heterocycles. The Kier molecular flexibility index (Phi) is 7.45. The molecule has 3 heterocycles. The summed E-state index contributed by atoms with van der Waals surface area (Å²) in [6, 6.07) is 15.0. The van der Waals surface area contributed by atoms with Gasteiger partial charge in [-0.1, -0.05) is 12.1 Å². The number of nitrogens with zero attached hydrogens (tertiary/aromatic N) is 4. The van der Waals surface area contributed by atoms with Gasteiger partial charge in [-0.25, -0.2) is 9.37 Å². The van der Waals surface area contributed by atoms with Crippen LogP contribution in [0.1, 0.15) is 35.1 Å². The van der Waals surface area contributed by atoms with Crippen LogP contribution in [-0.4, -0.2) is 34.0 Å². The number of halogens is 1. The van der Waals surface area contributed by atoms with Crippen LogP contribution in [0.5, 0.6) is 11.6 Å².